The Hall–Kier alpha value is 0.0425. The van der Waals surface area contributed by atoms with Crippen LogP contribution in [0.15, 0.2) is 60.7 Å². The Kier molecular flexibility index (Phi) is 12.1. The van der Waals surface area contributed by atoms with E-state index in [1.54, 1.807) is 10.1 Å². The van der Waals surface area contributed by atoms with Crippen LogP contribution >= 0.6 is 18.7 Å². The second-order valence-corrected chi connectivity index (χ2v) is 6.63. The Morgan fingerprint density at radius 1 is 0.889 bits per heavy atom. The molecule has 2 aromatic rings. The molecule has 0 fully saturated rings. The average molecular weight is 310 g/mol. The summed E-state index contributed by atoms with van der Waals surface area (Å²) in [6.45, 7) is 2.12. The Balaban J connectivity index is 0.000000512. The topological polar surface area (TPSA) is 0 Å². The molecule has 0 heterocycles. The molecule has 0 atom stereocenters. The van der Waals surface area contributed by atoms with Gasteiger partial charge in [0, 0.05) is 0 Å². The zero-order chi connectivity index (χ0) is 12.3. The monoisotopic (exact) mass is 309 g/mol. The van der Waals surface area contributed by atoms with Crippen molar-refractivity contribution in [2.24, 2.45) is 0 Å². The normalized spacial score (nSPS) is 8.67. The van der Waals surface area contributed by atoms with Gasteiger partial charge in [-0.1, -0.05) is 69.2 Å². The standard InChI is InChI=1S/C12H11P.C2H6S.Al.ClH/c1-3-7-11(8-4-1)13-12-9-5-2-6-10-12;1-2-3;;/h1-10,13H;3H,2H2,1H3;;1H/q;;+2;/p-2. The van der Waals surface area contributed by atoms with Crippen molar-refractivity contribution in [1.29, 1.82) is 0 Å². The third-order valence-electron chi connectivity index (χ3n) is 2.00. The molecule has 0 saturated carbocycles. The zero-order valence-corrected chi connectivity index (χ0v) is 14.1. The van der Waals surface area contributed by atoms with Gasteiger partial charge in [-0.25, -0.2) is 0 Å². The second-order valence-electron chi connectivity index (χ2n) is 3.31. The SMILES string of the molecule is CC[S][Al+].[Cl-].c1ccc(Pc2ccccc2)cc1. The maximum Gasteiger partial charge on any atom is -0.0226 e. The number of hydrogen-bond acceptors (Lipinski definition) is 1. The summed E-state index contributed by atoms with van der Waals surface area (Å²) in [6, 6.07) is 21.2. The molecule has 0 aromatic heterocycles. The molecule has 0 N–H and O–H groups in total. The molecule has 0 nitrogen and oxygen atoms in total. The van der Waals surface area contributed by atoms with Gasteiger partial charge in [-0.15, -0.1) is 0 Å². The first-order valence-electron chi connectivity index (χ1n) is 5.55. The van der Waals surface area contributed by atoms with Gasteiger partial charge in [0.25, 0.3) is 0 Å². The van der Waals surface area contributed by atoms with Gasteiger partial charge in [0.2, 0.25) is 0 Å². The molecule has 0 aliphatic heterocycles. The van der Waals surface area contributed by atoms with Gasteiger partial charge < -0.3 is 12.4 Å². The second kappa shape index (κ2) is 12.1. The summed E-state index contributed by atoms with van der Waals surface area (Å²) < 4.78 is 0. The summed E-state index contributed by atoms with van der Waals surface area (Å²) in [5.41, 5.74) is 0. The van der Waals surface area contributed by atoms with Gasteiger partial charge in [-0.05, 0) is 10.6 Å². The number of benzene rings is 2. The molecule has 0 bridgehead atoms. The van der Waals surface area contributed by atoms with E-state index < -0.39 is 0 Å². The van der Waals surface area contributed by atoms with Crippen LogP contribution in [0, 0.1) is 0 Å². The van der Waals surface area contributed by atoms with Crippen molar-refractivity contribution in [1.82, 2.24) is 0 Å². The average Bonchev–Trinajstić information content (AvgIpc) is 2.41. The Morgan fingerprint density at radius 3 is 1.50 bits per heavy atom. The molecule has 0 aliphatic rings. The first-order chi connectivity index (χ1) is 8.36. The minimum absolute atomic E-state index is 0. The summed E-state index contributed by atoms with van der Waals surface area (Å²) in [5.74, 6) is 1.20. The first-order valence-corrected chi connectivity index (χ1v) is 9.02. The molecule has 93 valence electrons. The van der Waals surface area contributed by atoms with E-state index in [0.717, 1.165) is 8.58 Å². The molecule has 0 spiro atoms. The number of halogens is 1. The molecular formula is C14H16AlClPS. The predicted octanol–water partition coefficient (Wildman–Crippen LogP) is 0.143. The van der Waals surface area contributed by atoms with Gasteiger partial charge in [0.1, 0.15) is 0 Å². The minimum atomic E-state index is 0. The summed E-state index contributed by atoms with van der Waals surface area (Å²) in [4.78, 5) is 0. The first kappa shape index (κ1) is 18.0. The van der Waals surface area contributed by atoms with E-state index in [9.17, 15) is 0 Å². The Morgan fingerprint density at radius 2 is 1.22 bits per heavy atom. The van der Waals surface area contributed by atoms with E-state index in [1.165, 1.54) is 16.4 Å². The molecule has 2 aromatic carbocycles. The van der Waals surface area contributed by atoms with Crippen LogP contribution in [0.4, 0.5) is 0 Å². The summed E-state index contributed by atoms with van der Waals surface area (Å²) in [7, 11) is 2.55. The van der Waals surface area contributed by atoms with Crippen molar-refractivity contribution in [3.8, 4) is 0 Å². The smallest absolute Gasteiger partial charge is 0.0226 e. The third kappa shape index (κ3) is 8.20. The van der Waals surface area contributed by atoms with Crippen molar-refractivity contribution in [2.45, 2.75) is 6.92 Å². The molecule has 0 saturated heterocycles. The Labute approximate surface area is 130 Å². The van der Waals surface area contributed by atoms with E-state index in [1.807, 2.05) is 0 Å². The molecule has 2 rings (SSSR count). The van der Waals surface area contributed by atoms with Crippen molar-refractivity contribution in [3.05, 3.63) is 60.7 Å². The van der Waals surface area contributed by atoms with Crippen LogP contribution in [0.3, 0.4) is 0 Å². The quantitative estimate of drug-likeness (QED) is 0.574. The van der Waals surface area contributed by atoms with E-state index in [0.29, 0.717) is 0 Å². The maximum absolute atomic E-state index is 2.57. The Bertz CT molecular complexity index is 358. The summed E-state index contributed by atoms with van der Waals surface area (Å²) in [5, 5.41) is 2.79. The van der Waals surface area contributed by atoms with Gasteiger partial charge in [-0.3, -0.25) is 0 Å². The predicted molar refractivity (Wildman–Crippen MR) is 84.4 cm³/mol. The minimum Gasteiger partial charge on any atom is -1.00 e. The molecule has 0 unspecified atom stereocenters. The van der Waals surface area contributed by atoms with Crippen molar-refractivity contribution >= 4 is 44.5 Å². The van der Waals surface area contributed by atoms with Gasteiger partial charge >= 0.3 is 38.0 Å². The largest absolute Gasteiger partial charge is 1.00 e. The van der Waals surface area contributed by atoms with Crippen molar-refractivity contribution in [3.63, 3.8) is 0 Å². The van der Waals surface area contributed by atoms with Crippen LogP contribution in [0.1, 0.15) is 6.92 Å². The van der Waals surface area contributed by atoms with Crippen LogP contribution in [-0.4, -0.2) is 20.9 Å². The maximum atomic E-state index is 2.57. The van der Waals surface area contributed by atoms with E-state index in [-0.39, 0.29) is 12.4 Å². The third-order valence-corrected chi connectivity index (χ3v) is 4.58. The molecule has 18 heavy (non-hydrogen) atoms. The van der Waals surface area contributed by atoms with Crippen LogP contribution in [0.25, 0.3) is 0 Å². The van der Waals surface area contributed by atoms with Crippen LogP contribution in [0.5, 0.6) is 0 Å². The summed E-state index contributed by atoms with van der Waals surface area (Å²) >= 11 is 2.57. The fraction of sp³-hybridized carbons (Fsp3) is 0.143. The molecule has 0 aliphatic carbocycles. The van der Waals surface area contributed by atoms with Crippen molar-refractivity contribution < 1.29 is 12.4 Å². The fourth-order valence-electron chi connectivity index (χ4n) is 1.21. The number of rotatable bonds is 3. The zero-order valence-electron chi connectivity index (χ0n) is 10.3. The van der Waals surface area contributed by atoms with E-state index >= 15 is 0 Å². The molecule has 0 amide bonds. The van der Waals surface area contributed by atoms with Crippen LogP contribution in [-0.2, 0) is 0 Å². The number of hydrogen-bond donors (Lipinski definition) is 0. The summed E-state index contributed by atoms with van der Waals surface area (Å²) in [6.07, 6.45) is 0. The van der Waals surface area contributed by atoms with E-state index in [4.69, 9.17) is 0 Å². The fourth-order valence-corrected chi connectivity index (χ4v) is 2.26. The van der Waals surface area contributed by atoms with Crippen LogP contribution in [0.2, 0.25) is 0 Å². The van der Waals surface area contributed by atoms with Gasteiger partial charge in [0.15, 0.2) is 0 Å². The van der Waals surface area contributed by atoms with E-state index in [2.05, 4.69) is 82.7 Å². The van der Waals surface area contributed by atoms with Crippen LogP contribution < -0.4 is 23.0 Å². The van der Waals surface area contributed by atoms with Crippen molar-refractivity contribution in [2.75, 3.05) is 5.75 Å². The molecule has 1 radical (unpaired) electrons. The molecular weight excluding hydrogens is 294 g/mol. The molecule has 4 heteroatoms. The van der Waals surface area contributed by atoms with Gasteiger partial charge in [-0.2, -0.15) is 0 Å². The van der Waals surface area contributed by atoms with Gasteiger partial charge in [0.05, 0.1) is 0 Å².